The molecule has 2 aromatic rings. The average Bonchev–Trinajstić information content (AvgIpc) is 2.93. The second-order valence-corrected chi connectivity index (χ2v) is 8.15. The number of hydrogen-bond donors (Lipinski definition) is 0. The summed E-state index contributed by atoms with van der Waals surface area (Å²) >= 11 is 0. The molecule has 25 heavy (non-hydrogen) atoms. The fraction of sp³-hybridized carbons (Fsp3) is 0.412. The van der Waals surface area contributed by atoms with Crippen molar-refractivity contribution >= 4 is 15.9 Å². The molecule has 0 N–H and O–H groups in total. The molecule has 1 fully saturated rings. The molecule has 1 amide bonds. The van der Waals surface area contributed by atoms with Crippen LogP contribution in [-0.4, -0.2) is 54.9 Å². The van der Waals surface area contributed by atoms with E-state index in [0.29, 0.717) is 30.1 Å². The molecule has 0 aliphatic carbocycles. The number of nitrogens with zero attached hydrogens (tertiary/aromatic N) is 3. The molecule has 0 spiro atoms. The van der Waals surface area contributed by atoms with Gasteiger partial charge in [-0.25, -0.2) is 8.42 Å². The van der Waals surface area contributed by atoms with Crippen molar-refractivity contribution in [1.82, 2.24) is 14.4 Å². The smallest absolute Gasteiger partial charge is 0.259 e. The van der Waals surface area contributed by atoms with Crippen LogP contribution in [0.25, 0.3) is 0 Å². The van der Waals surface area contributed by atoms with Crippen molar-refractivity contribution in [2.75, 3.05) is 26.2 Å². The Morgan fingerprint density at radius 3 is 2.36 bits per heavy atom. The summed E-state index contributed by atoms with van der Waals surface area (Å²) in [4.78, 5) is 14.6. The lowest BCUT2D eigenvalue weighted by Gasteiger charge is -2.34. The molecule has 0 atom stereocenters. The number of sulfonamides is 1. The van der Waals surface area contributed by atoms with Crippen molar-refractivity contribution in [2.45, 2.75) is 25.7 Å². The lowest BCUT2D eigenvalue weighted by Crippen LogP contribution is -2.50. The second kappa shape index (κ2) is 6.61. The molecule has 134 valence electrons. The van der Waals surface area contributed by atoms with E-state index in [4.69, 9.17) is 4.52 Å². The monoisotopic (exact) mass is 363 g/mol. The van der Waals surface area contributed by atoms with E-state index in [1.54, 1.807) is 36.9 Å². The molecule has 1 saturated heterocycles. The first-order chi connectivity index (χ1) is 11.8. The number of carbonyl (C=O) groups excluding carboxylic acids is 1. The Balaban J connectivity index is 1.73. The minimum absolute atomic E-state index is 0.163. The van der Waals surface area contributed by atoms with E-state index < -0.39 is 10.0 Å². The van der Waals surface area contributed by atoms with Gasteiger partial charge < -0.3 is 9.42 Å². The predicted octanol–water partition coefficient (Wildman–Crippen LogP) is 1.75. The van der Waals surface area contributed by atoms with E-state index in [1.807, 2.05) is 13.0 Å². The fourth-order valence-electron chi connectivity index (χ4n) is 3.00. The van der Waals surface area contributed by atoms with Gasteiger partial charge in [0.2, 0.25) is 10.0 Å². The lowest BCUT2D eigenvalue weighted by molar-refractivity contribution is 0.0695. The molecular formula is C17H21N3O4S. The van der Waals surface area contributed by atoms with E-state index in [9.17, 15) is 13.2 Å². The summed E-state index contributed by atoms with van der Waals surface area (Å²) < 4.78 is 32.0. The summed E-state index contributed by atoms with van der Waals surface area (Å²) in [6.45, 7) is 6.51. The summed E-state index contributed by atoms with van der Waals surface area (Å²) in [5.41, 5.74) is 1.92. The van der Waals surface area contributed by atoms with Gasteiger partial charge >= 0.3 is 0 Å². The highest BCUT2D eigenvalue weighted by Gasteiger charge is 2.32. The average molecular weight is 363 g/mol. The van der Waals surface area contributed by atoms with Gasteiger partial charge in [-0.1, -0.05) is 17.3 Å². The molecule has 7 nitrogen and oxygen atoms in total. The summed E-state index contributed by atoms with van der Waals surface area (Å²) in [5, 5.41) is 3.81. The van der Waals surface area contributed by atoms with E-state index in [2.05, 4.69) is 5.16 Å². The lowest BCUT2D eigenvalue weighted by atomic mass is 10.1. The maximum Gasteiger partial charge on any atom is 0.259 e. The molecule has 0 saturated carbocycles. The molecule has 1 aliphatic rings. The maximum absolute atomic E-state index is 12.8. The van der Waals surface area contributed by atoms with Crippen LogP contribution in [0.1, 0.15) is 27.4 Å². The van der Waals surface area contributed by atoms with Gasteiger partial charge in [0.15, 0.2) is 0 Å². The zero-order valence-electron chi connectivity index (χ0n) is 14.5. The third kappa shape index (κ3) is 3.32. The number of rotatable bonds is 3. The van der Waals surface area contributed by atoms with Crippen LogP contribution < -0.4 is 0 Å². The van der Waals surface area contributed by atoms with Crippen LogP contribution in [0.2, 0.25) is 0 Å². The van der Waals surface area contributed by atoms with Gasteiger partial charge in [-0.3, -0.25) is 4.79 Å². The van der Waals surface area contributed by atoms with Gasteiger partial charge in [-0.2, -0.15) is 4.31 Å². The normalized spacial score (nSPS) is 16.2. The number of carbonyl (C=O) groups is 1. The Hall–Kier alpha value is -2.19. The van der Waals surface area contributed by atoms with Gasteiger partial charge in [0.1, 0.15) is 11.3 Å². The molecule has 3 rings (SSSR count). The Morgan fingerprint density at radius 1 is 1.12 bits per heavy atom. The van der Waals surface area contributed by atoms with Crippen molar-refractivity contribution in [3.8, 4) is 0 Å². The predicted molar refractivity (Wildman–Crippen MR) is 91.8 cm³/mol. The highest BCUT2D eigenvalue weighted by Crippen LogP contribution is 2.21. The minimum Gasteiger partial charge on any atom is -0.361 e. The third-order valence-corrected chi connectivity index (χ3v) is 6.30. The summed E-state index contributed by atoms with van der Waals surface area (Å²) in [7, 11) is -3.54. The molecule has 1 aliphatic heterocycles. The van der Waals surface area contributed by atoms with Crippen LogP contribution in [0.5, 0.6) is 0 Å². The largest absolute Gasteiger partial charge is 0.361 e. The van der Waals surface area contributed by atoms with E-state index in [1.165, 1.54) is 4.31 Å². The number of aromatic nitrogens is 1. The summed E-state index contributed by atoms with van der Waals surface area (Å²) in [6, 6.07) is 6.86. The van der Waals surface area contributed by atoms with Crippen LogP contribution in [0, 0.1) is 20.8 Å². The van der Waals surface area contributed by atoms with Crippen molar-refractivity contribution in [2.24, 2.45) is 0 Å². The number of piperazine rings is 1. The quantitative estimate of drug-likeness (QED) is 0.829. The van der Waals surface area contributed by atoms with E-state index in [-0.39, 0.29) is 23.9 Å². The number of hydrogen-bond acceptors (Lipinski definition) is 5. The zero-order valence-corrected chi connectivity index (χ0v) is 15.3. The summed E-state index contributed by atoms with van der Waals surface area (Å²) in [6.07, 6.45) is 0. The van der Waals surface area contributed by atoms with Gasteiger partial charge in [-0.05, 0) is 38.5 Å². The molecule has 1 aromatic heterocycles. The van der Waals surface area contributed by atoms with Gasteiger partial charge in [0.25, 0.3) is 5.91 Å². The van der Waals surface area contributed by atoms with Crippen LogP contribution in [-0.2, 0) is 10.0 Å². The maximum atomic E-state index is 12.8. The third-order valence-electron chi connectivity index (χ3n) is 4.40. The molecule has 0 unspecified atom stereocenters. The summed E-state index contributed by atoms with van der Waals surface area (Å²) in [5.74, 6) is 0.321. The highest BCUT2D eigenvalue weighted by molar-refractivity contribution is 7.89. The number of aryl methyl sites for hydroxylation is 3. The van der Waals surface area contributed by atoms with Gasteiger partial charge in [0.05, 0.1) is 10.6 Å². The molecule has 0 bridgehead atoms. The standard InChI is InChI=1S/C17H21N3O4S/c1-12-5-4-6-15(11-12)25(22,23)20-9-7-19(8-10-20)17(21)16-13(2)18-24-14(16)3/h4-6,11H,7-10H2,1-3H3. The molecule has 8 heteroatoms. The first kappa shape index (κ1) is 17.6. The Labute approximate surface area is 147 Å². The van der Waals surface area contributed by atoms with E-state index in [0.717, 1.165) is 5.56 Å². The zero-order chi connectivity index (χ0) is 18.2. The van der Waals surface area contributed by atoms with Crippen LogP contribution in [0.3, 0.4) is 0 Å². The van der Waals surface area contributed by atoms with Crippen molar-refractivity contribution in [1.29, 1.82) is 0 Å². The Bertz CT molecular complexity index is 877. The Kier molecular flexibility index (Phi) is 4.66. The SMILES string of the molecule is Cc1cccc(S(=O)(=O)N2CCN(C(=O)c3c(C)noc3C)CC2)c1. The molecule has 1 aromatic carbocycles. The second-order valence-electron chi connectivity index (χ2n) is 6.21. The van der Waals surface area contributed by atoms with Crippen LogP contribution in [0.15, 0.2) is 33.7 Å². The molecule has 2 heterocycles. The van der Waals surface area contributed by atoms with Crippen molar-refractivity contribution in [3.63, 3.8) is 0 Å². The van der Waals surface area contributed by atoms with Crippen LogP contribution in [0.4, 0.5) is 0 Å². The highest BCUT2D eigenvalue weighted by atomic mass is 32.2. The number of benzene rings is 1. The minimum atomic E-state index is -3.54. The van der Waals surface area contributed by atoms with Crippen LogP contribution >= 0.6 is 0 Å². The molecular weight excluding hydrogens is 342 g/mol. The van der Waals surface area contributed by atoms with E-state index >= 15 is 0 Å². The first-order valence-corrected chi connectivity index (χ1v) is 9.53. The fourth-order valence-corrected chi connectivity index (χ4v) is 4.53. The van der Waals surface area contributed by atoms with Crippen molar-refractivity contribution in [3.05, 3.63) is 46.8 Å². The Morgan fingerprint density at radius 2 is 1.80 bits per heavy atom. The topological polar surface area (TPSA) is 83.7 Å². The first-order valence-electron chi connectivity index (χ1n) is 8.09. The van der Waals surface area contributed by atoms with Gasteiger partial charge in [0, 0.05) is 26.2 Å². The van der Waals surface area contributed by atoms with Crippen molar-refractivity contribution < 1.29 is 17.7 Å². The molecule has 0 radical (unpaired) electrons. The number of amides is 1. The van der Waals surface area contributed by atoms with Gasteiger partial charge in [-0.15, -0.1) is 0 Å².